The van der Waals surface area contributed by atoms with Gasteiger partial charge in [-0.3, -0.25) is 0 Å². The van der Waals surface area contributed by atoms with E-state index in [2.05, 4.69) is 32.5 Å². The van der Waals surface area contributed by atoms with Gasteiger partial charge in [-0.15, -0.1) is 0 Å². The second kappa shape index (κ2) is 7.43. The van der Waals surface area contributed by atoms with Crippen LogP contribution in [-0.4, -0.2) is 42.1 Å². The summed E-state index contributed by atoms with van der Waals surface area (Å²) >= 11 is 0. The van der Waals surface area contributed by atoms with Crippen molar-refractivity contribution in [3.05, 3.63) is 0 Å². The summed E-state index contributed by atoms with van der Waals surface area (Å²) in [6.45, 7) is 2.28. The first-order chi connectivity index (χ1) is 10.1. The van der Waals surface area contributed by atoms with Crippen molar-refractivity contribution in [3.63, 3.8) is 0 Å². The zero-order chi connectivity index (χ0) is 15.2. The first kappa shape index (κ1) is 15.8. The maximum Gasteiger partial charge on any atom is 0.231 e. The van der Waals surface area contributed by atoms with Gasteiger partial charge in [-0.2, -0.15) is 15.0 Å². The summed E-state index contributed by atoms with van der Waals surface area (Å²) in [5.74, 6) is 2.88. The number of nitrogens with zero attached hydrogens (tertiary/aromatic N) is 4. The lowest BCUT2D eigenvalue weighted by Crippen LogP contribution is -2.27. The van der Waals surface area contributed by atoms with Gasteiger partial charge in [-0.25, -0.2) is 0 Å². The Labute approximate surface area is 127 Å². The van der Waals surface area contributed by atoms with Crippen molar-refractivity contribution in [2.45, 2.75) is 51.5 Å². The van der Waals surface area contributed by atoms with Crippen LogP contribution < -0.4 is 15.5 Å². The quantitative estimate of drug-likeness (QED) is 0.840. The molecule has 0 aliphatic heterocycles. The molecule has 21 heavy (non-hydrogen) atoms. The molecule has 1 aliphatic rings. The van der Waals surface area contributed by atoms with E-state index in [0.717, 1.165) is 5.92 Å². The van der Waals surface area contributed by atoms with Gasteiger partial charge < -0.3 is 15.5 Å². The van der Waals surface area contributed by atoms with E-state index in [0.29, 0.717) is 23.9 Å². The van der Waals surface area contributed by atoms with Crippen LogP contribution in [0.4, 0.5) is 17.8 Å². The first-order valence-electron chi connectivity index (χ1n) is 8.00. The predicted molar refractivity (Wildman–Crippen MR) is 88.0 cm³/mol. The van der Waals surface area contributed by atoms with Crippen molar-refractivity contribution in [1.29, 1.82) is 0 Å². The van der Waals surface area contributed by atoms with Crippen molar-refractivity contribution in [2.75, 3.05) is 36.7 Å². The Morgan fingerprint density at radius 2 is 1.71 bits per heavy atom. The Kier molecular flexibility index (Phi) is 5.59. The number of aromatic nitrogens is 3. The van der Waals surface area contributed by atoms with E-state index < -0.39 is 0 Å². The van der Waals surface area contributed by atoms with E-state index in [9.17, 15) is 0 Å². The Balaban J connectivity index is 1.98. The van der Waals surface area contributed by atoms with E-state index in [1.807, 2.05) is 26.0 Å². The SMILES string of the molecule is CCCC1CCC(Nc2nc(NC)nc(N(C)C)n2)CC1. The van der Waals surface area contributed by atoms with Gasteiger partial charge in [0.15, 0.2) is 0 Å². The van der Waals surface area contributed by atoms with E-state index in [-0.39, 0.29) is 0 Å². The Bertz CT molecular complexity index is 440. The molecule has 0 amide bonds. The molecule has 6 nitrogen and oxygen atoms in total. The lowest BCUT2D eigenvalue weighted by atomic mass is 9.83. The molecule has 1 fully saturated rings. The number of rotatable bonds is 6. The summed E-state index contributed by atoms with van der Waals surface area (Å²) < 4.78 is 0. The molecule has 0 atom stereocenters. The van der Waals surface area contributed by atoms with Crippen molar-refractivity contribution in [1.82, 2.24) is 15.0 Å². The standard InChI is InChI=1S/C15H28N6/c1-5-6-11-7-9-12(10-8-11)17-14-18-13(16-2)19-15(20-14)21(3)4/h11-12H,5-10H2,1-4H3,(H2,16,17,18,19,20). The summed E-state index contributed by atoms with van der Waals surface area (Å²) in [4.78, 5) is 15.1. The van der Waals surface area contributed by atoms with Crippen molar-refractivity contribution in [2.24, 2.45) is 5.92 Å². The van der Waals surface area contributed by atoms with E-state index in [4.69, 9.17) is 0 Å². The van der Waals surface area contributed by atoms with Crippen molar-refractivity contribution in [3.8, 4) is 0 Å². The van der Waals surface area contributed by atoms with Gasteiger partial charge in [0.25, 0.3) is 0 Å². The number of hydrogen-bond acceptors (Lipinski definition) is 6. The third kappa shape index (κ3) is 4.44. The van der Waals surface area contributed by atoms with E-state index >= 15 is 0 Å². The average molecular weight is 292 g/mol. The van der Waals surface area contributed by atoms with Crippen LogP contribution in [0.15, 0.2) is 0 Å². The van der Waals surface area contributed by atoms with Gasteiger partial charge in [0.2, 0.25) is 17.8 Å². The predicted octanol–water partition coefficient (Wildman–Crippen LogP) is 2.75. The molecule has 6 heteroatoms. The number of hydrogen-bond donors (Lipinski definition) is 2. The lowest BCUT2D eigenvalue weighted by Gasteiger charge is -2.29. The van der Waals surface area contributed by atoms with Crippen LogP contribution >= 0.6 is 0 Å². The second-order valence-electron chi connectivity index (χ2n) is 6.08. The molecule has 1 aliphatic carbocycles. The smallest absolute Gasteiger partial charge is 0.231 e. The molecule has 0 saturated heterocycles. The second-order valence-corrected chi connectivity index (χ2v) is 6.08. The van der Waals surface area contributed by atoms with Crippen molar-refractivity contribution < 1.29 is 0 Å². The number of nitrogens with one attached hydrogen (secondary N) is 2. The van der Waals surface area contributed by atoms with E-state index in [1.165, 1.54) is 38.5 Å². The molecule has 0 spiro atoms. The summed E-state index contributed by atoms with van der Waals surface area (Å²) in [6.07, 6.45) is 7.72. The highest BCUT2D eigenvalue weighted by Gasteiger charge is 2.21. The molecule has 2 rings (SSSR count). The summed E-state index contributed by atoms with van der Waals surface area (Å²) in [5.41, 5.74) is 0. The minimum absolute atomic E-state index is 0.486. The van der Waals surface area contributed by atoms with Gasteiger partial charge in [-0.1, -0.05) is 19.8 Å². The zero-order valence-electron chi connectivity index (χ0n) is 13.7. The maximum absolute atomic E-state index is 4.48. The largest absolute Gasteiger partial charge is 0.357 e. The van der Waals surface area contributed by atoms with Gasteiger partial charge in [-0.05, 0) is 31.6 Å². The van der Waals surface area contributed by atoms with Crippen LogP contribution in [-0.2, 0) is 0 Å². The number of anilines is 3. The molecule has 2 N–H and O–H groups in total. The third-order valence-corrected chi connectivity index (χ3v) is 4.12. The fraction of sp³-hybridized carbons (Fsp3) is 0.800. The molecule has 0 aromatic carbocycles. The van der Waals surface area contributed by atoms with Gasteiger partial charge >= 0.3 is 0 Å². The van der Waals surface area contributed by atoms with Gasteiger partial charge in [0.05, 0.1) is 0 Å². The lowest BCUT2D eigenvalue weighted by molar-refractivity contribution is 0.318. The Morgan fingerprint density at radius 3 is 2.29 bits per heavy atom. The van der Waals surface area contributed by atoms with Gasteiger partial charge in [0, 0.05) is 27.2 Å². The molecule has 1 saturated carbocycles. The van der Waals surface area contributed by atoms with Crippen LogP contribution in [0.3, 0.4) is 0 Å². The highest BCUT2D eigenvalue weighted by molar-refractivity contribution is 5.43. The van der Waals surface area contributed by atoms with Crippen molar-refractivity contribution >= 4 is 17.8 Å². The molecule has 1 aromatic rings. The monoisotopic (exact) mass is 292 g/mol. The maximum atomic E-state index is 4.48. The zero-order valence-corrected chi connectivity index (χ0v) is 13.7. The molecule has 1 heterocycles. The molecule has 0 bridgehead atoms. The average Bonchev–Trinajstić information content (AvgIpc) is 2.49. The minimum Gasteiger partial charge on any atom is -0.357 e. The first-order valence-corrected chi connectivity index (χ1v) is 8.00. The fourth-order valence-electron chi connectivity index (χ4n) is 2.93. The molecular formula is C15H28N6. The summed E-state index contributed by atoms with van der Waals surface area (Å²) in [6, 6.07) is 0.486. The molecule has 1 aromatic heterocycles. The topological polar surface area (TPSA) is 66.0 Å². The minimum atomic E-state index is 0.486. The molecule has 0 unspecified atom stereocenters. The highest BCUT2D eigenvalue weighted by Crippen LogP contribution is 2.29. The molecule has 0 radical (unpaired) electrons. The Morgan fingerprint density at radius 1 is 1.05 bits per heavy atom. The third-order valence-electron chi connectivity index (χ3n) is 4.12. The van der Waals surface area contributed by atoms with Crippen LogP contribution in [0, 0.1) is 5.92 Å². The summed E-state index contributed by atoms with van der Waals surface area (Å²) in [5, 5.41) is 6.48. The molecule has 118 valence electrons. The Hall–Kier alpha value is -1.59. The van der Waals surface area contributed by atoms with Crippen LogP contribution in [0.1, 0.15) is 45.4 Å². The molecular weight excluding hydrogens is 264 g/mol. The van der Waals surface area contributed by atoms with Crippen LogP contribution in [0.2, 0.25) is 0 Å². The highest BCUT2D eigenvalue weighted by atomic mass is 15.3. The van der Waals surface area contributed by atoms with E-state index in [1.54, 1.807) is 0 Å². The summed E-state index contributed by atoms with van der Waals surface area (Å²) in [7, 11) is 5.71. The van der Waals surface area contributed by atoms with Crippen LogP contribution in [0.5, 0.6) is 0 Å². The van der Waals surface area contributed by atoms with Gasteiger partial charge in [0.1, 0.15) is 0 Å². The fourth-order valence-corrected chi connectivity index (χ4v) is 2.93. The van der Waals surface area contributed by atoms with Crippen LogP contribution in [0.25, 0.3) is 0 Å². The normalized spacial score (nSPS) is 21.9.